The number of carbonyl (C=O) groups is 1. The molecule has 8 nitrogen and oxygen atoms in total. The lowest BCUT2D eigenvalue weighted by molar-refractivity contribution is -0.673. The quantitative estimate of drug-likeness (QED) is 0.455. The number of nitrogen functional groups attached to an aromatic ring is 1. The van der Waals surface area contributed by atoms with Crippen LogP contribution in [0.3, 0.4) is 0 Å². The van der Waals surface area contributed by atoms with Gasteiger partial charge in [-0.25, -0.2) is 4.57 Å². The number of nitrogens with one attached hydrogen (secondary N) is 1. The van der Waals surface area contributed by atoms with Crippen LogP contribution in [0, 0.1) is 0 Å². The number of rotatable bonds is 3. The number of imidazole rings is 1. The van der Waals surface area contributed by atoms with E-state index < -0.39 is 12.0 Å². The van der Waals surface area contributed by atoms with Crippen molar-refractivity contribution in [2.45, 2.75) is 12.6 Å². The van der Waals surface area contributed by atoms with Gasteiger partial charge in [0.15, 0.2) is 18.5 Å². The second-order valence-electron chi connectivity index (χ2n) is 3.33. The molecular weight excluding hydrogens is 212 g/mol. The molecule has 0 aliphatic rings. The van der Waals surface area contributed by atoms with E-state index >= 15 is 0 Å². The number of anilines is 1. The van der Waals surface area contributed by atoms with Crippen molar-refractivity contribution in [2.24, 2.45) is 5.73 Å². The van der Waals surface area contributed by atoms with E-state index in [0.29, 0.717) is 17.0 Å². The lowest BCUT2D eigenvalue weighted by Gasteiger charge is -2.02. The molecule has 0 amide bonds. The number of fused-ring (bicyclic) bond motifs is 1. The molecule has 8 heteroatoms. The minimum absolute atomic E-state index is 0.117. The van der Waals surface area contributed by atoms with Crippen LogP contribution in [0.25, 0.3) is 11.2 Å². The van der Waals surface area contributed by atoms with E-state index in [4.69, 9.17) is 16.6 Å². The molecular formula is C8H11N6O2+. The number of hydrogen-bond donors (Lipinski definition) is 4. The molecule has 0 saturated heterocycles. The molecule has 6 N–H and O–H groups in total. The Morgan fingerprint density at radius 2 is 2.38 bits per heavy atom. The maximum atomic E-state index is 10.6. The van der Waals surface area contributed by atoms with Crippen molar-refractivity contribution in [3.05, 3.63) is 12.7 Å². The van der Waals surface area contributed by atoms with Crippen molar-refractivity contribution < 1.29 is 14.5 Å². The SMILES string of the molecule is Nc1ncnc2c1[nH]c[n+]2CC(N)C(=O)O. The van der Waals surface area contributed by atoms with Crippen LogP contribution in [0.2, 0.25) is 0 Å². The van der Waals surface area contributed by atoms with E-state index in [1.807, 2.05) is 0 Å². The van der Waals surface area contributed by atoms with Gasteiger partial charge >= 0.3 is 11.6 Å². The summed E-state index contributed by atoms with van der Waals surface area (Å²) in [5, 5.41) is 8.70. The fourth-order valence-electron chi connectivity index (χ4n) is 1.38. The predicted molar refractivity (Wildman–Crippen MR) is 54.1 cm³/mol. The number of carboxylic acids is 1. The van der Waals surface area contributed by atoms with Crippen LogP contribution in [0.1, 0.15) is 0 Å². The summed E-state index contributed by atoms with van der Waals surface area (Å²) < 4.78 is 1.59. The molecule has 84 valence electrons. The maximum Gasteiger partial charge on any atom is 0.323 e. The highest BCUT2D eigenvalue weighted by molar-refractivity contribution is 5.78. The first-order valence-corrected chi connectivity index (χ1v) is 4.55. The third kappa shape index (κ3) is 1.65. The van der Waals surface area contributed by atoms with Crippen molar-refractivity contribution in [2.75, 3.05) is 5.73 Å². The molecule has 0 saturated carbocycles. The van der Waals surface area contributed by atoms with Gasteiger partial charge in [0.2, 0.25) is 5.52 Å². The van der Waals surface area contributed by atoms with E-state index in [9.17, 15) is 4.79 Å². The normalized spacial score (nSPS) is 12.8. The summed E-state index contributed by atoms with van der Waals surface area (Å²) in [4.78, 5) is 21.3. The summed E-state index contributed by atoms with van der Waals surface area (Å²) in [6, 6.07) is -0.986. The summed E-state index contributed by atoms with van der Waals surface area (Å²) >= 11 is 0. The van der Waals surface area contributed by atoms with E-state index in [1.165, 1.54) is 6.33 Å². The zero-order valence-electron chi connectivity index (χ0n) is 8.29. The standard InChI is InChI=1S/C8H10N6O2/c9-4(8(15)16)1-14-3-13-5-6(10)11-2-12-7(5)14/h2-4H,1,9H2,(H3,10,11,12,15,16)/p+1. The summed E-state index contributed by atoms with van der Waals surface area (Å²) in [5.74, 6) is -0.753. The van der Waals surface area contributed by atoms with E-state index in [1.54, 1.807) is 10.9 Å². The van der Waals surface area contributed by atoms with Gasteiger partial charge in [-0.3, -0.25) is 9.78 Å². The average molecular weight is 223 g/mol. The molecule has 0 aliphatic heterocycles. The van der Waals surface area contributed by atoms with Crippen LogP contribution < -0.4 is 16.0 Å². The molecule has 0 aromatic carbocycles. The summed E-state index contributed by atoms with van der Waals surface area (Å²) in [5.41, 5.74) is 12.1. The molecule has 2 rings (SSSR count). The lowest BCUT2D eigenvalue weighted by atomic mass is 10.3. The first-order chi connectivity index (χ1) is 7.59. The van der Waals surface area contributed by atoms with Crippen LogP contribution >= 0.6 is 0 Å². The van der Waals surface area contributed by atoms with Gasteiger partial charge in [0.25, 0.3) is 0 Å². The Bertz CT molecular complexity index is 536. The Balaban J connectivity index is 2.39. The molecule has 2 aromatic heterocycles. The predicted octanol–water partition coefficient (Wildman–Crippen LogP) is -1.76. The highest BCUT2D eigenvalue weighted by Gasteiger charge is 2.19. The van der Waals surface area contributed by atoms with Crippen molar-refractivity contribution in [3.8, 4) is 0 Å². The number of nitrogens with two attached hydrogens (primary N) is 2. The van der Waals surface area contributed by atoms with Crippen molar-refractivity contribution in [1.29, 1.82) is 0 Å². The fraction of sp³-hybridized carbons (Fsp3) is 0.250. The van der Waals surface area contributed by atoms with Gasteiger partial charge in [-0.15, -0.1) is 0 Å². The summed E-state index contributed by atoms with van der Waals surface area (Å²) in [7, 11) is 0. The third-order valence-corrected chi connectivity index (χ3v) is 2.20. The van der Waals surface area contributed by atoms with Crippen molar-refractivity contribution in [3.63, 3.8) is 0 Å². The number of aromatic nitrogens is 4. The van der Waals surface area contributed by atoms with Gasteiger partial charge < -0.3 is 16.6 Å². The van der Waals surface area contributed by atoms with Crippen LogP contribution in [-0.4, -0.2) is 32.1 Å². The molecule has 0 fully saturated rings. The Morgan fingerprint density at radius 1 is 1.62 bits per heavy atom. The third-order valence-electron chi connectivity index (χ3n) is 2.20. The minimum Gasteiger partial charge on any atom is -0.480 e. The van der Waals surface area contributed by atoms with Gasteiger partial charge in [-0.2, -0.15) is 4.98 Å². The number of nitrogens with zero attached hydrogens (tertiary/aromatic N) is 3. The van der Waals surface area contributed by atoms with Crippen molar-refractivity contribution >= 4 is 23.0 Å². The van der Waals surface area contributed by atoms with E-state index in [-0.39, 0.29) is 6.54 Å². The number of carboxylic acid groups (broad SMARTS) is 1. The van der Waals surface area contributed by atoms with Gasteiger partial charge in [-0.05, 0) is 0 Å². The van der Waals surface area contributed by atoms with E-state index in [0.717, 1.165) is 0 Å². The zero-order valence-corrected chi connectivity index (χ0v) is 8.29. The smallest absolute Gasteiger partial charge is 0.323 e. The maximum absolute atomic E-state index is 10.6. The first-order valence-electron chi connectivity index (χ1n) is 4.55. The Morgan fingerprint density at radius 3 is 3.06 bits per heavy atom. The summed E-state index contributed by atoms with van der Waals surface area (Å²) in [6.07, 6.45) is 2.88. The van der Waals surface area contributed by atoms with Crippen LogP contribution in [-0.2, 0) is 11.3 Å². The Labute approximate surface area is 89.9 Å². The van der Waals surface area contributed by atoms with Gasteiger partial charge in [0, 0.05) is 0 Å². The molecule has 0 spiro atoms. The molecule has 16 heavy (non-hydrogen) atoms. The lowest BCUT2D eigenvalue weighted by Crippen LogP contribution is -2.46. The molecule has 1 atom stereocenters. The number of H-pyrrole nitrogens is 1. The number of hydrogen-bond acceptors (Lipinski definition) is 5. The Hall–Kier alpha value is -2.22. The first kappa shape index (κ1) is 10.3. The van der Waals surface area contributed by atoms with Gasteiger partial charge in [0.05, 0.1) is 6.54 Å². The number of aromatic amines is 1. The zero-order chi connectivity index (χ0) is 11.7. The molecule has 1 unspecified atom stereocenters. The Kier molecular flexibility index (Phi) is 2.41. The van der Waals surface area contributed by atoms with Gasteiger partial charge in [0.1, 0.15) is 6.04 Å². The highest BCUT2D eigenvalue weighted by atomic mass is 16.4. The number of aliphatic carboxylic acids is 1. The topological polar surface area (TPSA) is 135 Å². The molecule has 0 radical (unpaired) electrons. The van der Waals surface area contributed by atoms with Crippen LogP contribution in [0.5, 0.6) is 0 Å². The molecule has 2 aromatic rings. The summed E-state index contributed by atoms with van der Waals surface area (Å²) in [6.45, 7) is 0.117. The largest absolute Gasteiger partial charge is 0.480 e. The van der Waals surface area contributed by atoms with Crippen molar-refractivity contribution in [1.82, 2.24) is 15.0 Å². The second-order valence-corrected chi connectivity index (χ2v) is 3.33. The van der Waals surface area contributed by atoms with Crippen LogP contribution in [0.15, 0.2) is 12.7 Å². The minimum atomic E-state index is -1.07. The fourth-order valence-corrected chi connectivity index (χ4v) is 1.38. The monoisotopic (exact) mass is 223 g/mol. The average Bonchev–Trinajstić information content (AvgIpc) is 2.63. The molecule has 0 aliphatic carbocycles. The highest BCUT2D eigenvalue weighted by Crippen LogP contribution is 2.08. The van der Waals surface area contributed by atoms with E-state index in [2.05, 4.69) is 15.0 Å². The molecule has 0 bridgehead atoms. The second kappa shape index (κ2) is 3.74. The van der Waals surface area contributed by atoms with Crippen LogP contribution in [0.4, 0.5) is 5.82 Å². The molecule has 2 heterocycles. The van der Waals surface area contributed by atoms with Gasteiger partial charge in [-0.1, -0.05) is 4.98 Å².